The number of carboxylic acids is 1. The average molecular weight is 316 g/mol. The van der Waals surface area contributed by atoms with Crippen molar-refractivity contribution in [1.82, 2.24) is 0 Å². The van der Waals surface area contributed by atoms with Gasteiger partial charge in [-0.3, -0.25) is 4.79 Å². The first kappa shape index (κ1) is 14.7. The topological polar surface area (TPSA) is 75.6 Å². The van der Waals surface area contributed by atoms with Crippen LogP contribution in [-0.2, 0) is 9.53 Å². The fraction of sp³-hybridized carbons (Fsp3) is 0.333. The molecule has 0 atom stereocenters. The second-order valence-corrected chi connectivity index (χ2v) is 4.35. The molecule has 98 valence electrons. The van der Waals surface area contributed by atoms with E-state index in [1.807, 2.05) is 6.92 Å². The zero-order valence-corrected chi connectivity index (χ0v) is 11.5. The van der Waals surface area contributed by atoms with Crippen molar-refractivity contribution < 1.29 is 19.4 Å². The van der Waals surface area contributed by atoms with E-state index in [9.17, 15) is 9.59 Å². The molecule has 0 aliphatic carbocycles. The van der Waals surface area contributed by atoms with Gasteiger partial charge >= 0.3 is 5.97 Å². The molecule has 0 spiro atoms. The molecule has 0 unspecified atom stereocenters. The summed E-state index contributed by atoms with van der Waals surface area (Å²) in [5, 5.41) is 11.5. The van der Waals surface area contributed by atoms with E-state index in [0.29, 0.717) is 23.4 Å². The number of nitrogens with one attached hydrogen (secondary N) is 1. The number of anilines is 1. The van der Waals surface area contributed by atoms with Crippen LogP contribution < -0.4 is 5.32 Å². The summed E-state index contributed by atoms with van der Waals surface area (Å²) in [4.78, 5) is 22.4. The number of carboxylic acid groups (broad SMARTS) is 1. The third kappa shape index (κ3) is 4.46. The lowest BCUT2D eigenvalue weighted by molar-refractivity contribution is -0.117. The molecule has 0 fully saturated rings. The molecular weight excluding hydrogens is 302 g/mol. The molecule has 0 aromatic heterocycles. The summed E-state index contributed by atoms with van der Waals surface area (Å²) in [7, 11) is 0. The van der Waals surface area contributed by atoms with Crippen LogP contribution in [-0.4, -0.2) is 30.2 Å². The van der Waals surface area contributed by atoms with Gasteiger partial charge in [-0.1, -0.05) is 0 Å². The summed E-state index contributed by atoms with van der Waals surface area (Å²) in [6.07, 6.45) is 0.234. The number of carbonyl (C=O) groups excluding carboxylic acids is 1. The summed E-state index contributed by atoms with van der Waals surface area (Å²) in [5.41, 5.74) is 0.565. The van der Waals surface area contributed by atoms with Gasteiger partial charge in [0.05, 0.1) is 24.3 Å². The Morgan fingerprint density at radius 2 is 2.17 bits per heavy atom. The maximum Gasteiger partial charge on any atom is 0.335 e. The van der Waals surface area contributed by atoms with Gasteiger partial charge in [0, 0.05) is 11.1 Å². The predicted octanol–water partition coefficient (Wildman–Crippen LogP) is 2.51. The van der Waals surface area contributed by atoms with E-state index < -0.39 is 5.97 Å². The molecule has 0 aliphatic heterocycles. The third-order valence-electron chi connectivity index (χ3n) is 2.16. The van der Waals surface area contributed by atoms with Crippen LogP contribution in [0.4, 0.5) is 5.69 Å². The fourth-order valence-corrected chi connectivity index (χ4v) is 1.62. The lowest BCUT2D eigenvalue weighted by Gasteiger charge is -2.08. The van der Waals surface area contributed by atoms with Crippen molar-refractivity contribution in [2.75, 3.05) is 18.5 Å². The van der Waals surface area contributed by atoms with Gasteiger partial charge < -0.3 is 15.2 Å². The van der Waals surface area contributed by atoms with Crippen LogP contribution in [0, 0.1) is 0 Å². The largest absolute Gasteiger partial charge is 0.478 e. The first-order valence-corrected chi connectivity index (χ1v) is 6.24. The number of aromatic carboxylic acids is 1. The Labute approximate surface area is 113 Å². The van der Waals surface area contributed by atoms with Crippen molar-refractivity contribution in [3.8, 4) is 0 Å². The van der Waals surface area contributed by atoms with E-state index in [2.05, 4.69) is 21.2 Å². The van der Waals surface area contributed by atoms with Gasteiger partial charge in [-0.2, -0.15) is 0 Å². The summed E-state index contributed by atoms with van der Waals surface area (Å²) in [6, 6.07) is 4.45. The number of rotatable bonds is 6. The highest BCUT2D eigenvalue weighted by Gasteiger charge is 2.09. The molecule has 0 saturated carbocycles. The molecule has 6 heteroatoms. The molecule has 0 bridgehead atoms. The second kappa shape index (κ2) is 7.13. The second-order valence-electron chi connectivity index (χ2n) is 3.49. The Balaban J connectivity index is 2.68. The monoisotopic (exact) mass is 315 g/mol. The molecule has 0 aliphatic rings. The molecule has 0 saturated heterocycles. The van der Waals surface area contributed by atoms with Gasteiger partial charge in [-0.25, -0.2) is 4.79 Å². The highest BCUT2D eigenvalue weighted by Crippen LogP contribution is 2.23. The Kier molecular flexibility index (Phi) is 5.80. The summed E-state index contributed by atoms with van der Waals surface area (Å²) in [6.45, 7) is 2.76. The van der Waals surface area contributed by atoms with Gasteiger partial charge in [0.1, 0.15) is 0 Å². The molecule has 1 amide bonds. The van der Waals surface area contributed by atoms with E-state index in [1.54, 1.807) is 6.07 Å². The normalized spacial score (nSPS) is 10.1. The van der Waals surface area contributed by atoms with Gasteiger partial charge in [0.25, 0.3) is 0 Å². The number of halogens is 1. The van der Waals surface area contributed by atoms with Gasteiger partial charge in [0.15, 0.2) is 0 Å². The summed E-state index contributed by atoms with van der Waals surface area (Å²) in [5.74, 6) is -1.25. The van der Waals surface area contributed by atoms with Crippen LogP contribution in [0.1, 0.15) is 23.7 Å². The van der Waals surface area contributed by atoms with Gasteiger partial charge in [0.2, 0.25) is 5.91 Å². The number of benzene rings is 1. The molecule has 0 heterocycles. The summed E-state index contributed by atoms with van der Waals surface area (Å²) < 4.78 is 5.70. The zero-order chi connectivity index (χ0) is 13.5. The first-order valence-electron chi connectivity index (χ1n) is 5.45. The maximum absolute atomic E-state index is 11.6. The standard InChI is InChI=1S/C12H14BrNO4/c1-2-18-6-5-11(15)14-10-7-8(12(16)17)3-4-9(10)13/h3-4,7H,2,5-6H2,1H3,(H,14,15)(H,16,17). The van der Waals surface area contributed by atoms with Crippen LogP contribution in [0.5, 0.6) is 0 Å². The molecule has 18 heavy (non-hydrogen) atoms. The minimum Gasteiger partial charge on any atom is -0.478 e. The van der Waals surface area contributed by atoms with Crippen molar-refractivity contribution >= 4 is 33.5 Å². The van der Waals surface area contributed by atoms with Crippen molar-refractivity contribution in [3.63, 3.8) is 0 Å². The van der Waals surface area contributed by atoms with Crippen LogP contribution in [0.25, 0.3) is 0 Å². The van der Waals surface area contributed by atoms with Crippen LogP contribution >= 0.6 is 15.9 Å². The molecule has 2 N–H and O–H groups in total. The van der Waals surface area contributed by atoms with Gasteiger partial charge in [-0.05, 0) is 41.1 Å². The van der Waals surface area contributed by atoms with Crippen molar-refractivity contribution in [2.24, 2.45) is 0 Å². The lowest BCUT2D eigenvalue weighted by Crippen LogP contribution is -2.15. The fourth-order valence-electron chi connectivity index (χ4n) is 1.28. The molecular formula is C12H14BrNO4. The SMILES string of the molecule is CCOCCC(=O)Nc1cc(C(=O)O)ccc1Br. The number of hydrogen-bond acceptors (Lipinski definition) is 3. The first-order chi connectivity index (χ1) is 8.54. The molecule has 5 nitrogen and oxygen atoms in total. The molecule has 0 radical (unpaired) electrons. The Morgan fingerprint density at radius 1 is 1.44 bits per heavy atom. The highest BCUT2D eigenvalue weighted by atomic mass is 79.9. The van der Waals surface area contributed by atoms with E-state index in [0.717, 1.165) is 0 Å². The quantitative estimate of drug-likeness (QED) is 0.791. The van der Waals surface area contributed by atoms with Crippen LogP contribution in [0.15, 0.2) is 22.7 Å². The number of ether oxygens (including phenoxy) is 1. The van der Waals surface area contributed by atoms with Crippen molar-refractivity contribution in [3.05, 3.63) is 28.2 Å². The smallest absolute Gasteiger partial charge is 0.335 e. The maximum atomic E-state index is 11.6. The Morgan fingerprint density at radius 3 is 2.78 bits per heavy atom. The Hall–Kier alpha value is -1.40. The number of amides is 1. The Bertz CT molecular complexity index is 448. The van der Waals surface area contributed by atoms with Crippen LogP contribution in [0.2, 0.25) is 0 Å². The predicted molar refractivity (Wildman–Crippen MR) is 70.8 cm³/mol. The minimum atomic E-state index is -1.03. The van der Waals surface area contributed by atoms with E-state index >= 15 is 0 Å². The van der Waals surface area contributed by atoms with E-state index in [4.69, 9.17) is 9.84 Å². The highest BCUT2D eigenvalue weighted by molar-refractivity contribution is 9.10. The average Bonchev–Trinajstić information content (AvgIpc) is 2.32. The molecule has 1 rings (SSSR count). The lowest BCUT2D eigenvalue weighted by atomic mass is 10.2. The number of carbonyl (C=O) groups is 2. The third-order valence-corrected chi connectivity index (χ3v) is 2.86. The molecule has 1 aromatic carbocycles. The molecule has 1 aromatic rings. The summed E-state index contributed by atoms with van der Waals surface area (Å²) >= 11 is 3.25. The van der Waals surface area contributed by atoms with E-state index in [-0.39, 0.29) is 17.9 Å². The zero-order valence-electron chi connectivity index (χ0n) is 9.90. The number of hydrogen-bond donors (Lipinski definition) is 2. The van der Waals surface area contributed by atoms with E-state index in [1.165, 1.54) is 12.1 Å². The van der Waals surface area contributed by atoms with Crippen molar-refractivity contribution in [2.45, 2.75) is 13.3 Å². The van der Waals surface area contributed by atoms with Crippen LogP contribution in [0.3, 0.4) is 0 Å². The van der Waals surface area contributed by atoms with Gasteiger partial charge in [-0.15, -0.1) is 0 Å². The minimum absolute atomic E-state index is 0.123. The van der Waals surface area contributed by atoms with Crippen molar-refractivity contribution in [1.29, 1.82) is 0 Å².